The number of hydrogen-bond donors (Lipinski definition) is 2. The number of hydrogen-bond acceptors (Lipinski definition) is 4. The average Bonchev–Trinajstić information content (AvgIpc) is 3.40. The number of sulfonamides is 1. The van der Waals surface area contributed by atoms with Crippen molar-refractivity contribution >= 4 is 44.6 Å². The van der Waals surface area contributed by atoms with Crippen LogP contribution in [0.5, 0.6) is 5.75 Å². The number of carboxylic acids is 1. The molecule has 0 aliphatic heterocycles. The van der Waals surface area contributed by atoms with E-state index in [0.29, 0.717) is 23.6 Å². The second-order valence-corrected chi connectivity index (χ2v) is 13.9. The first-order valence-corrected chi connectivity index (χ1v) is 17.9. The molecule has 248 valence electrons. The summed E-state index contributed by atoms with van der Waals surface area (Å²) in [5.41, 5.74) is 5.88. The van der Waals surface area contributed by atoms with Crippen molar-refractivity contribution in [3.63, 3.8) is 0 Å². The molecule has 1 heterocycles. The van der Waals surface area contributed by atoms with E-state index in [9.17, 15) is 18.3 Å². The molecular formula is C40H35ClN2O5S. The van der Waals surface area contributed by atoms with E-state index >= 15 is 0 Å². The van der Waals surface area contributed by atoms with E-state index in [4.69, 9.17) is 16.3 Å². The molecule has 0 fully saturated rings. The molecule has 0 saturated heterocycles. The Bertz CT molecular complexity index is 2130. The molecule has 0 radical (unpaired) electrons. The van der Waals surface area contributed by atoms with Crippen molar-refractivity contribution < 1.29 is 23.1 Å². The number of nitrogens with one attached hydrogen (secondary N) is 1. The van der Waals surface area contributed by atoms with Gasteiger partial charge in [-0.15, -0.1) is 0 Å². The normalized spacial score (nSPS) is 11.7. The van der Waals surface area contributed by atoms with Crippen molar-refractivity contribution in [3.05, 3.63) is 178 Å². The van der Waals surface area contributed by atoms with Gasteiger partial charge in [-0.2, -0.15) is 0 Å². The summed E-state index contributed by atoms with van der Waals surface area (Å²) in [5, 5.41) is 10.8. The number of rotatable bonds is 14. The molecule has 0 aliphatic rings. The molecular weight excluding hydrogens is 656 g/mol. The molecule has 0 bridgehead atoms. The van der Waals surface area contributed by atoms with E-state index < -0.39 is 16.0 Å². The fraction of sp³-hybridized carbons (Fsp3) is 0.125. The highest BCUT2D eigenvalue weighted by atomic mass is 35.5. The van der Waals surface area contributed by atoms with Gasteiger partial charge in [-0.3, -0.25) is 4.72 Å². The summed E-state index contributed by atoms with van der Waals surface area (Å²) in [6, 6.07) is 41.7. The zero-order valence-corrected chi connectivity index (χ0v) is 28.1. The number of nitrogens with zero attached hydrogens (tertiary/aromatic N) is 1. The molecule has 9 heteroatoms. The van der Waals surface area contributed by atoms with Gasteiger partial charge in [-0.05, 0) is 77.2 Å². The van der Waals surface area contributed by atoms with Crippen LogP contribution >= 0.6 is 11.6 Å². The number of ether oxygens (including phenoxy) is 1. The lowest BCUT2D eigenvalue weighted by atomic mass is 9.98. The lowest BCUT2D eigenvalue weighted by Gasteiger charge is -2.24. The van der Waals surface area contributed by atoms with E-state index in [1.54, 1.807) is 12.1 Å². The van der Waals surface area contributed by atoms with Crippen LogP contribution in [-0.2, 0) is 22.9 Å². The summed E-state index contributed by atoms with van der Waals surface area (Å²) < 4.78 is 37.2. The summed E-state index contributed by atoms with van der Waals surface area (Å²) in [4.78, 5) is 11.3. The minimum Gasteiger partial charge on any atom is -0.493 e. The van der Waals surface area contributed by atoms with E-state index in [1.807, 2.05) is 91.0 Å². The number of aromatic carboxylic acids is 1. The molecule has 1 aromatic heterocycles. The quantitative estimate of drug-likeness (QED) is 0.120. The standard InChI is InChI=1S/C40H35ClN2O5S/c41-33-18-21-37-36(28-33)35(23-26-48-34-19-16-32(17-20-34)40(44)45)38(22-25-42-49(46,47)27-24-29-10-4-1-5-11-29)43(37)39(30-12-6-2-7-13-30)31-14-8-3-9-15-31/h1-22,25,28,39,42H,23-24,26-27H2,(H,44,45). The van der Waals surface area contributed by atoms with Crippen molar-refractivity contribution in [2.75, 3.05) is 12.4 Å². The lowest BCUT2D eigenvalue weighted by molar-refractivity contribution is 0.0697. The Morgan fingerprint density at radius 1 is 0.816 bits per heavy atom. The van der Waals surface area contributed by atoms with Crippen LogP contribution in [0.25, 0.3) is 17.0 Å². The highest BCUT2D eigenvalue weighted by molar-refractivity contribution is 7.89. The lowest BCUT2D eigenvalue weighted by Crippen LogP contribution is -2.22. The first kappa shape index (κ1) is 33.6. The fourth-order valence-electron chi connectivity index (χ4n) is 5.99. The third kappa shape index (κ3) is 8.23. The van der Waals surface area contributed by atoms with Gasteiger partial charge in [0.1, 0.15) is 5.75 Å². The van der Waals surface area contributed by atoms with Crippen LogP contribution in [0.4, 0.5) is 0 Å². The summed E-state index contributed by atoms with van der Waals surface area (Å²) in [6.07, 6.45) is 4.16. The van der Waals surface area contributed by atoms with Crippen LogP contribution in [0.2, 0.25) is 5.02 Å². The fourth-order valence-corrected chi connectivity index (χ4v) is 7.06. The summed E-state index contributed by atoms with van der Waals surface area (Å²) in [6.45, 7) is 0.281. The molecule has 0 aliphatic carbocycles. The summed E-state index contributed by atoms with van der Waals surface area (Å²) in [7, 11) is -3.63. The van der Waals surface area contributed by atoms with Gasteiger partial charge in [0.05, 0.1) is 24.0 Å². The van der Waals surface area contributed by atoms with Gasteiger partial charge < -0.3 is 14.4 Å². The smallest absolute Gasteiger partial charge is 0.335 e. The maximum absolute atomic E-state index is 13.1. The average molecular weight is 691 g/mol. The van der Waals surface area contributed by atoms with Crippen molar-refractivity contribution in [1.29, 1.82) is 0 Å². The molecule has 6 rings (SSSR count). The Balaban J connectivity index is 1.42. The Morgan fingerprint density at radius 3 is 2.04 bits per heavy atom. The van der Waals surface area contributed by atoms with E-state index in [2.05, 4.69) is 33.6 Å². The molecule has 0 saturated carbocycles. The van der Waals surface area contributed by atoms with Crippen molar-refractivity contribution in [1.82, 2.24) is 9.29 Å². The number of halogens is 1. The molecule has 6 aromatic rings. The first-order valence-electron chi connectivity index (χ1n) is 15.9. The monoisotopic (exact) mass is 690 g/mol. The Morgan fingerprint density at radius 2 is 1.43 bits per heavy atom. The summed E-state index contributed by atoms with van der Waals surface area (Å²) in [5.74, 6) is -0.519. The third-order valence-corrected chi connectivity index (χ3v) is 9.79. The largest absolute Gasteiger partial charge is 0.493 e. The molecule has 0 unspecified atom stereocenters. The van der Waals surface area contributed by atoms with Gasteiger partial charge in [0.2, 0.25) is 10.0 Å². The zero-order chi connectivity index (χ0) is 34.2. The minimum absolute atomic E-state index is 0.0576. The second kappa shape index (κ2) is 15.3. The molecule has 2 N–H and O–H groups in total. The number of fused-ring (bicyclic) bond motifs is 1. The Labute approximate surface area is 291 Å². The number of carboxylic acid groups (broad SMARTS) is 1. The zero-order valence-electron chi connectivity index (χ0n) is 26.6. The van der Waals surface area contributed by atoms with Gasteiger partial charge in [0.25, 0.3) is 0 Å². The van der Waals surface area contributed by atoms with E-state index in [1.165, 1.54) is 18.3 Å². The van der Waals surface area contributed by atoms with Crippen LogP contribution < -0.4 is 9.46 Å². The van der Waals surface area contributed by atoms with Gasteiger partial charge >= 0.3 is 5.97 Å². The first-order chi connectivity index (χ1) is 23.8. The van der Waals surface area contributed by atoms with E-state index in [0.717, 1.165) is 38.9 Å². The third-order valence-electron chi connectivity index (χ3n) is 8.31. The molecule has 49 heavy (non-hydrogen) atoms. The Kier molecular flexibility index (Phi) is 10.5. The number of benzene rings is 5. The van der Waals surface area contributed by atoms with Gasteiger partial charge in [0.15, 0.2) is 0 Å². The maximum Gasteiger partial charge on any atom is 0.335 e. The van der Waals surface area contributed by atoms with Crippen molar-refractivity contribution in [3.8, 4) is 5.75 Å². The predicted octanol–water partition coefficient (Wildman–Crippen LogP) is 8.38. The Hall–Kier alpha value is -5.31. The minimum atomic E-state index is -3.63. The molecule has 5 aromatic carbocycles. The van der Waals surface area contributed by atoms with Crippen LogP contribution in [0.15, 0.2) is 140 Å². The van der Waals surface area contributed by atoms with Crippen molar-refractivity contribution in [2.45, 2.75) is 18.9 Å². The van der Waals surface area contributed by atoms with Gasteiger partial charge in [0, 0.05) is 34.2 Å². The number of aromatic nitrogens is 1. The highest BCUT2D eigenvalue weighted by Crippen LogP contribution is 2.38. The SMILES string of the molecule is O=C(O)c1ccc(OCCc2c(C=CNS(=O)(=O)CCc3ccccc3)n(C(c3ccccc3)c3ccccc3)c3ccc(Cl)cc23)cc1. The number of aryl methyl sites for hydroxylation is 1. The molecule has 0 spiro atoms. The highest BCUT2D eigenvalue weighted by Gasteiger charge is 2.25. The molecule has 0 atom stereocenters. The number of carbonyl (C=O) groups is 1. The second-order valence-electron chi connectivity index (χ2n) is 11.6. The topological polar surface area (TPSA) is 97.6 Å². The predicted molar refractivity (Wildman–Crippen MR) is 196 cm³/mol. The van der Waals surface area contributed by atoms with Crippen LogP contribution in [0.1, 0.15) is 44.3 Å². The van der Waals surface area contributed by atoms with Crippen LogP contribution in [0, 0.1) is 0 Å². The summed E-state index contributed by atoms with van der Waals surface area (Å²) >= 11 is 6.59. The maximum atomic E-state index is 13.1. The van der Waals surface area contributed by atoms with Gasteiger partial charge in [-0.25, -0.2) is 13.2 Å². The van der Waals surface area contributed by atoms with Crippen molar-refractivity contribution in [2.24, 2.45) is 0 Å². The van der Waals surface area contributed by atoms with E-state index in [-0.39, 0.29) is 24.0 Å². The molecule has 0 amide bonds. The van der Waals surface area contributed by atoms with Crippen LogP contribution in [0.3, 0.4) is 0 Å². The van der Waals surface area contributed by atoms with Crippen LogP contribution in [-0.4, -0.2) is 36.4 Å². The van der Waals surface area contributed by atoms with Gasteiger partial charge in [-0.1, -0.05) is 103 Å². The molecule has 7 nitrogen and oxygen atoms in total.